The second-order valence-corrected chi connectivity index (χ2v) is 10.7. The molecule has 1 unspecified atom stereocenters. The van der Waals surface area contributed by atoms with Gasteiger partial charge in [-0.2, -0.15) is 0 Å². The average Bonchev–Trinajstić information content (AvgIpc) is 3.11. The number of anilines is 1. The summed E-state index contributed by atoms with van der Waals surface area (Å²) in [5.74, 6) is -0.562. The maximum absolute atomic E-state index is 13.9. The molecule has 0 spiro atoms. The van der Waals surface area contributed by atoms with Gasteiger partial charge in [0.15, 0.2) is 5.78 Å². The number of rotatable bonds is 9. The standard InChI is InChI=1S/C25H28BrN2O4P/c1-4-28-23-13-7-17(15-21(23)22-16-18(26)8-14-24(22)28)25(33(30,31-5-2)32-6-3)27-19-9-11-20(29)12-10-19/h7-16,25,27,29H,4-6H2,1-3H3. The van der Waals surface area contributed by atoms with Gasteiger partial charge in [-0.3, -0.25) is 4.57 Å². The highest BCUT2D eigenvalue weighted by atomic mass is 79.9. The zero-order valence-electron chi connectivity index (χ0n) is 18.9. The van der Waals surface area contributed by atoms with Crippen LogP contribution < -0.4 is 5.32 Å². The maximum atomic E-state index is 13.9. The third-order valence-electron chi connectivity index (χ3n) is 5.59. The summed E-state index contributed by atoms with van der Waals surface area (Å²) < 4.78 is 28.7. The molecule has 1 atom stereocenters. The van der Waals surface area contributed by atoms with E-state index in [2.05, 4.69) is 57.0 Å². The third kappa shape index (κ3) is 4.69. The Bertz CT molecular complexity index is 1310. The van der Waals surface area contributed by atoms with E-state index in [4.69, 9.17) is 9.05 Å². The molecule has 0 amide bonds. The number of aromatic nitrogens is 1. The van der Waals surface area contributed by atoms with Gasteiger partial charge in [-0.1, -0.05) is 22.0 Å². The van der Waals surface area contributed by atoms with Crippen molar-refractivity contribution in [1.29, 1.82) is 0 Å². The number of hydrogen-bond donors (Lipinski definition) is 2. The van der Waals surface area contributed by atoms with E-state index in [9.17, 15) is 9.67 Å². The second kappa shape index (κ2) is 9.90. The quantitative estimate of drug-likeness (QED) is 0.171. The van der Waals surface area contributed by atoms with Gasteiger partial charge in [0.05, 0.1) is 13.2 Å². The van der Waals surface area contributed by atoms with Crippen LogP contribution in [0.25, 0.3) is 21.8 Å². The van der Waals surface area contributed by atoms with Crippen molar-refractivity contribution in [2.75, 3.05) is 18.5 Å². The Hall–Kier alpha value is -2.31. The Morgan fingerprint density at radius 2 is 1.55 bits per heavy atom. The van der Waals surface area contributed by atoms with E-state index in [0.29, 0.717) is 5.69 Å². The summed E-state index contributed by atoms with van der Waals surface area (Å²) in [4.78, 5) is 0. The van der Waals surface area contributed by atoms with Crippen LogP contribution in [0.3, 0.4) is 0 Å². The van der Waals surface area contributed by atoms with E-state index >= 15 is 0 Å². The number of phenols is 1. The minimum Gasteiger partial charge on any atom is -0.508 e. The van der Waals surface area contributed by atoms with Crippen molar-refractivity contribution in [3.8, 4) is 5.75 Å². The molecule has 6 nitrogen and oxygen atoms in total. The van der Waals surface area contributed by atoms with Crippen LogP contribution in [0.2, 0.25) is 0 Å². The van der Waals surface area contributed by atoms with Gasteiger partial charge in [0.2, 0.25) is 0 Å². The van der Waals surface area contributed by atoms with Crippen LogP contribution in [-0.2, 0) is 20.2 Å². The molecule has 33 heavy (non-hydrogen) atoms. The predicted molar refractivity (Wildman–Crippen MR) is 138 cm³/mol. The zero-order valence-corrected chi connectivity index (χ0v) is 21.4. The molecule has 0 saturated carbocycles. The van der Waals surface area contributed by atoms with Crippen LogP contribution in [0.15, 0.2) is 65.1 Å². The summed E-state index contributed by atoms with van der Waals surface area (Å²) in [6, 6.07) is 19.0. The Labute approximate surface area is 202 Å². The number of fused-ring (bicyclic) bond motifs is 3. The van der Waals surface area contributed by atoms with Gasteiger partial charge in [0.25, 0.3) is 0 Å². The van der Waals surface area contributed by atoms with Crippen LogP contribution in [0.5, 0.6) is 5.75 Å². The van der Waals surface area contributed by atoms with Crippen molar-refractivity contribution in [3.63, 3.8) is 0 Å². The van der Waals surface area contributed by atoms with Crippen LogP contribution in [0, 0.1) is 0 Å². The van der Waals surface area contributed by atoms with E-state index in [-0.39, 0.29) is 19.0 Å². The number of aryl methyl sites for hydroxylation is 1. The van der Waals surface area contributed by atoms with Gasteiger partial charge < -0.3 is 24.0 Å². The van der Waals surface area contributed by atoms with Gasteiger partial charge in [0, 0.05) is 38.5 Å². The lowest BCUT2D eigenvalue weighted by Gasteiger charge is -2.28. The zero-order chi connectivity index (χ0) is 23.6. The van der Waals surface area contributed by atoms with E-state index in [1.54, 1.807) is 38.1 Å². The summed E-state index contributed by atoms with van der Waals surface area (Å²) in [5, 5.41) is 15.2. The first kappa shape index (κ1) is 23.8. The summed E-state index contributed by atoms with van der Waals surface area (Å²) >= 11 is 3.59. The largest absolute Gasteiger partial charge is 0.508 e. The number of aromatic hydroxyl groups is 1. The second-order valence-electron chi connectivity index (χ2n) is 7.65. The van der Waals surface area contributed by atoms with Gasteiger partial charge in [-0.05, 0) is 80.9 Å². The number of phenolic OH excluding ortho intramolecular Hbond substituents is 1. The number of nitrogens with one attached hydrogen (secondary N) is 1. The first-order chi connectivity index (χ1) is 15.9. The molecule has 0 radical (unpaired) electrons. The number of nitrogens with zero attached hydrogens (tertiary/aromatic N) is 1. The van der Waals surface area contributed by atoms with Gasteiger partial charge in [0.1, 0.15) is 5.75 Å². The van der Waals surface area contributed by atoms with E-state index in [1.165, 1.54) is 0 Å². The highest BCUT2D eigenvalue weighted by Gasteiger charge is 2.37. The van der Waals surface area contributed by atoms with Crippen molar-refractivity contribution in [3.05, 3.63) is 70.7 Å². The number of benzene rings is 3. The molecule has 0 fully saturated rings. The third-order valence-corrected chi connectivity index (χ3v) is 8.38. The van der Waals surface area contributed by atoms with Crippen LogP contribution in [0.1, 0.15) is 32.1 Å². The molecule has 8 heteroatoms. The fourth-order valence-electron chi connectivity index (χ4n) is 4.21. The molecular weight excluding hydrogens is 503 g/mol. The van der Waals surface area contributed by atoms with Crippen LogP contribution in [-0.4, -0.2) is 22.9 Å². The summed E-state index contributed by atoms with van der Waals surface area (Å²) in [6.07, 6.45) is 0. The lowest BCUT2D eigenvalue weighted by Crippen LogP contribution is -2.15. The van der Waals surface area contributed by atoms with Crippen molar-refractivity contribution in [2.45, 2.75) is 33.1 Å². The Kier molecular flexibility index (Phi) is 7.15. The summed E-state index contributed by atoms with van der Waals surface area (Å²) in [5.41, 5.74) is 3.77. The normalized spacial score (nSPS) is 13.0. The molecule has 4 rings (SSSR count). The fraction of sp³-hybridized carbons (Fsp3) is 0.280. The lowest BCUT2D eigenvalue weighted by atomic mass is 10.1. The first-order valence-electron chi connectivity index (χ1n) is 11.1. The molecular formula is C25H28BrN2O4P. The predicted octanol–water partition coefficient (Wildman–Crippen LogP) is 7.66. The molecule has 0 aliphatic carbocycles. The lowest BCUT2D eigenvalue weighted by molar-refractivity contribution is 0.214. The minimum atomic E-state index is -3.57. The van der Waals surface area contributed by atoms with Crippen LogP contribution in [0.4, 0.5) is 5.69 Å². The van der Waals surface area contributed by atoms with Crippen molar-refractivity contribution in [2.24, 2.45) is 0 Å². The molecule has 0 bridgehead atoms. The average molecular weight is 531 g/mol. The Morgan fingerprint density at radius 3 is 2.15 bits per heavy atom. The van der Waals surface area contributed by atoms with Crippen LogP contribution >= 0.6 is 23.5 Å². The molecule has 0 aliphatic rings. The highest BCUT2D eigenvalue weighted by molar-refractivity contribution is 9.10. The van der Waals surface area contributed by atoms with E-state index in [1.807, 2.05) is 12.1 Å². The molecule has 2 N–H and O–H groups in total. The molecule has 4 aromatic rings. The maximum Gasteiger partial charge on any atom is 0.357 e. The molecule has 1 heterocycles. The topological polar surface area (TPSA) is 72.7 Å². The number of hydrogen-bond acceptors (Lipinski definition) is 5. The number of halogens is 1. The Morgan fingerprint density at radius 1 is 0.939 bits per heavy atom. The van der Waals surface area contributed by atoms with E-state index < -0.39 is 13.4 Å². The van der Waals surface area contributed by atoms with E-state index in [0.717, 1.165) is 38.4 Å². The highest BCUT2D eigenvalue weighted by Crippen LogP contribution is 2.61. The fourth-order valence-corrected chi connectivity index (χ4v) is 6.50. The smallest absolute Gasteiger partial charge is 0.357 e. The molecule has 0 saturated heterocycles. The Balaban J connectivity index is 1.90. The molecule has 0 aliphatic heterocycles. The molecule has 1 aromatic heterocycles. The van der Waals surface area contributed by atoms with Gasteiger partial charge in [-0.25, -0.2) is 0 Å². The monoisotopic (exact) mass is 530 g/mol. The minimum absolute atomic E-state index is 0.161. The van der Waals surface area contributed by atoms with Gasteiger partial charge in [-0.15, -0.1) is 0 Å². The van der Waals surface area contributed by atoms with Crippen molar-refractivity contribution < 1.29 is 18.7 Å². The van der Waals surface area contributed by atoms with Crippen molar-refractivity contribution in [1.82, 2.24) is 4.57 Å². The SMILES string of the molecule is CCOP(=O)(OCC)C(Nc1ccc(O)cc1)c1ccc2c(c1)c1cc(Br)ccc1n2CC. The van der Waals surface area contributed by atoms with Gasteiger partial charge >= 0.3 is 7.60 Å². The summed E-state index contributed by atoms with van der Waals surface area (Å²) in [6.45, 7) is 7.09. The molecule has 174 valence electrons. The van der Waals surface area contributed by atoms with Crippen molar-refractivity contribution >= 4 is 51.0 Å². The first-order valence-corrected chi connectivity index (χ1v) is 13.5. The molecule has 3 aromatic carbocycles. The summed E-state index contributed by atoms with van der Waals surface area (Å²) in [7, 11) is -3.57.